The van der Waals surface area contributed by atoms with Gasteiger partial charge in [-0.25, -0.2) is 0 Å². The number of hydrogen-bond donors (Lipinski definition) is 3. The molecule has 0 unspecified atom stereocenters. The van der Waals surface area contributed by atoms with Gasteiger partial charge in [0.2, 0.25) is 11.8 Å². The molecular weight excluding hydrogens is 524 g/mol. The van der Waals surface area contributed by atoms with Crippen molar-refractivity contribution in [2.24, 2.45) is 11.8 Å². The summed E-state index contributed by atoms with van der Waals surface area (Å²) in [7, 11) is 0. The molecule has 1 aromatic carbocycles. The summed E-state index contributed by atoms with van der Waals surface area (Å²) in [4.78, 5) is 53.4. The molecule has 2 aromatic rings. The third-order valence-electron chi connectivity index (χ3n) is 7.01. The number of ketones is 1. The Hall–Kier alpha value is -3.53. The van der Waals surface area contributed by atoms with Gasteiger partial charge in [-0.3, -0.25) is 19.2 Å². The molecule has 1 aliphatic rings. The van der Waals surface area contributed by atoms with Gasteiger partial charge in [-0.2, -0.15) is 0 Å². The summed E-state index contributed by atoms with van der Waals surface area (Å²) in [6.45, 7) is 13.7. The third-order valence-corrected chi connectivity index (χ3v) is 7.01. The first-order valence-electron chi connectivity index (χ1n) is 14.4. The van der Waals surface area contributed by atoms with Crippen LogP contribution in [0.15, 0.2) is 40.9 Å². The van der Waals surface area contributed by atoms with Crippen LogP contribution in [-0.4, -0.2) is 59.0 Å². The first-order chi connectivity index (χ1) is 19.3. The lowest BCUT2D eigenvalue weighted by Crippen LogP contribution is -2.57. The number of epoxide rings is 1. The van der Waals surface area contributed by atoms with Crippen LogP contribution in [0.3, 0.4) is 0 Å². The van der Waals surface area contributed by atoms with Gasteiger partial charge in [-0.1, -0.05) is 77.0 Å². The van der Waals surface area contributed by atoms with Crippen LogP contribution in [-0.2, 0) is 25.5 Å². The zero-order chi connectivity index (χ0) is 30.3. The second-order valence-electron chi connectivity index (χ2n) is 12.3. The molecule has 3 amide bonds. The summed E-state index contributed by atoms with van der Waals surface area (Å²) in [5.41, 5.74) is 0.0267. The summed E-state index contributed by atoms with van der Waals surface area (Å²) in [5, 5.41) is 12.3. The minimum atomic E-state index is -0.980. The van der Waals surface area contributed by atoms with E-state index in [4.69, 9.17) is 9.26 Å². The lowest BCUT2D eigenvalue weighted by atomic mass is 9.93. The Morgan fingerprint density at radius 3 is 1.95 bits per heavy atom. The zero-order valence-electron chi connectivity index (χ0n) is 25.2. The predicted molar refractivity (Wildman–Crippen MR) is 154 cm³/mol. The monoisotopic (exact) mass is 568 g/mol. The Morgan fingerprint density at radius 1 is 0.854 bits per heavy atom. The van der Waals surface area contributed by atoms with Gasteiger partial charge in [0.05, 0.1) is 12.6 Å². The van der Waals surface area contributed by atoms with Crippen molar-refractivity contribution in [2.75, 3.05) is 6.61 Å². The number of Topliss-reactive ketones (excluding diaryl/α,β-unsaturated/α-hetero) is 1. The van der Waals surface area contributed by atoms with Crippen LogP contribution in [0.5, 0.6) is 0 Å². The molecule has 0 aliphatic carbocycles. The molecule has 0 radical (unpaired) electrons. The Bertz CT molecular complexity index is 1200. The SMILES string of the molecule is CC(C)C[C@H](NC(=O)c1cc(C(C)C)on1)C(=O)N[C@@H](Cc1ccccc1)C(=O)N[C@@H](CC(C)C)C(=O)[C@@]1(C)CO1. The standard InChI is InChI=1S/C31H44N4O6/c1-18(2)13-22(27(36)31(7)17-40-31)32-29(38)24(15-21-11-9-8-10-12-21)34-28(37)23(14-19(3)4)33-30(39)25-16-26(20(5)6)41-35-25/h8-12,16,18-20,22-24H,13-15,17H2,1-7H3,(H,32,38)(H,33,39)(H,34,37)/t22-,23-,24-,31+/m0/s1. The van der Waals surface area contributed by atoms with Gasteiger partial charge in [-0.15, -0.1) is 0 Å². The number of ether oxygens (including phenoxy) is 1. The van der Waals surface area contributed by atoms with E-state index >= 15 is 0 Å². The van der Waals surface area contributed by atoms with Crippen molar-refractivity contribution >= 4 is 23.5 Å². The second kappa shape index (κ2) is 13.9. The molecule has 4 atom stereocenters. The topological polar surface area (TPSA) is 143 Å². The lowest BCUT2D eigenvalue weighted by Gasteiger charge is -2.27. The quantitative estimate of drug-likeness (QED) is 0.279. The second-order valence-corrected chi connectivity index (χ2v) is 12.3. The fourth-order valence-corrected chi connectivity index (χ4v) is 4.53. The average molecular weight is 569 g/mol. The predicted octanol–water partition coefficient (Wildman–Crippen LogP) is 3.56. The van der Waals surface area contributed by atoms with Gasteiger partial charge >= 0.3 is 0 Å². The highest BCUT2D eigenvalue weighted by Gasteiger charge is 2.50. The van der Waals surface area contributed by atoms with Crippen LogP contribution in [0.2, 0.25) is 0 Å². The summed E-state index contributed by atoms with van der Waals surface area (Å²) in [5.74, 6) is -0.853. The van der Waals surface area contributed by atoms with Crippen LogP contribution in [0.4, 0.5) is 0 Å². The van der Waals surface area contributed by atoms with Crippen LogP contribution in [0.25, 0.3) is 0 Å². The molecule has 1 aliphatic heterocycles. The molecule has 3 rings (SSSR count). The van der Waals surface area contributed by atoms with Crippen molar-refractivity contribution in [2.45, 2.75) is 97.4 Å². The van der Waals surface area contributed by atoms with Gasteiger partial charge in [0.1, 0.15) is 23.4 Å². The maximum atomic E-state index is 13.7. The largest absolute Gasteiger partial charge is 0.361 e. The number of hydrogen-bond acceptors (Lipinski definition) is 7. The summed E-state index contributed by atoms with van der Waals surface area (Å²) in [6, 6.07) is 8.23. The van der Waals surface area contributed by atoms with Gasteiger partial charge in [0.25, 0.3) is 5.91 Å². The normalized spacial score (nSPS) is 18.6. The number of benzene rings is 1. The molecule has 41 heavy (non-hydrogen) atoms. The molecule has 1 fully saturated rings. The van der Waals surface area contributed by atoms with Crippen molar-refractivity contribution in [3.8, 4) is 0 Å². The lowest BCUT2D eigenvalue weighted by molar-refractivity contribution is -0.133. The van der Waals surface area contributed by atoms with Crippen molar-refractivity contribution in [3.63, 3.8) is 0 Å². The van der Waals surface area contributed by atoms with Gasteiger partial charge < -0.3 is 25.2 Å². The van der Waals surface area contributed by atoms with Crippen molar-refractivity contribution < 1.29 is 28.4 Å². The van der Waals surface area contributed by atoms with E-state index in [2.05, 4.69) is 21.1 Å². The number of amides is 3. The molecule has 2 heterocycles. The summed E-state index contributed by atoms with van der Waals surface area (Å²) in [6.07, 6.45) is 0.992. The number of rotatable bonds is 15. The molecule has 10 heteroatoms. The highest BCUT2D eigenvalue weighted by Crippen LogP contribution is 2.29. The first kappa shape index (κ1) is 32.0. The average Bonchev–Trinajstić information content (AvgIpc) is 3.45. The third kappa shape index (κ3) is 9.24. The molecular formula is C31H44N4O6. The van der Waals surface area contributed by atoms with Gasteiger partial charge in [-0.05, 0) is 37.2 Å². The Balaban J connectivity index is 1.80. The summed E-state index contributed by atoms with van der Waals surface area (Å²) < 4.78 is 10.6. The molecule has 3 N–H and O–H groups in total. The van der Waals surface area contributed by atoms with Gasteiger partial charge in [0.15, 0.2) is 11.5 Å². The van der Waals surface area contributed by atoms with Crippen molar-refractivity contribution in [1.82, 2.24) is 21.1 Å². The molecule has 224 valence electrons. The number of carbonyl (C=O) groups is 4. The highest BCUT2D eigenvalue weighted by atomic mass is 16.6. The molecule has 10 nitrogen and oxygen atoms in total. The minimum absolute atomic E-state index is 0.0523. The fourth-order valence-electron chi connectivity index (χ4n) is 4.53. The molecule has 0 saturated carbocycles. The fraction of sp³-hybridized carbons (Fsp3) is 0.581. The van der Waals surface area contributed by atoms with E-state index in [9.17, 15) is 19.2 Å². The van der Waals surface area contributed by atoms with E-state index in [1.165, 1.54) is 0 Å². The van der Waals surface area contributed by atoms with Crippen molar-refractivity contribution in [1.29, 1.82) is 0 Å². The number of nitrogens with one attached hydrogen (secondary N) is 3. The maximum Gasteiger partial charge on any atom is 0.274 e. The highest BCUT2D eigenvalue weighted by molar-refractivity contribution is 5.99. The Labute approximate surface area is 242 Å². The first-order valence-corrected chi connectivity index (χ1v) is 14.4. The molecule has 1 aromatic heterocycles. The molecule has 0 spiro atoms. The number of carbonyl (C=O) groups excluding carboxylic acids is 4. The minimum Gasteiger partial charge on any atom is -0.361 e. The zero-order valence-corrected chi connectivity index (χ0v) is 25.2. The molecule has 0 bridgehead atoms. The van der Waals surface area contributed by atoms with Gasteiger partial charge in [0, 0.05) is 18.4 Å². The maximum absolute atomic E-state index is 13.7. The van der Waals surface area contributed by atoms with Crippen LogP contribution in [0, 0.1) is 11.8 Å². The van der Waals surface area contributed by atoms with E-state index in [0.29, 0.717) is 25.2 Å². The van der Waals surface area contributed by atoms with Crippen LogP contribution >= 0.6 is 0 Å². The van der Waals surface area contributed by atoms with E-state index in [1.807, 2.05) is 71.9 Å². The van der Waals surface area contributed by atoms with E-state index in [-0.39, 0.29) is 35.7 Å². The number of aromatic nitrogens is 1. The van der Waals surface area contributed by atoms with E-state index in [0.717, 1.165) is 5.56 Å². The van der Waals surface area contributed by atoms with E-state index < -0.39 is 41.4 Å². The Morgan fingerprint density at radius 2 is 1.41 bits per heavy atom. The number of nitrogens with zero attached hydrogens (tertiary/aromatic N) is 1. The Kier molecular flexibility index (Phi) is 10.8. The van der Waals surface area contributed by atoms with E-state index in [1.54, 1.807) is 13.0 Å². The summed E-state index contributed by atoms with van der Waals surface area (Å²) >= 11 is 0. The molecule has 1 saturated heterocycles. The van der Waals surface area contributed by atoms with Crippen molar-refractivity contribution in [3.05, 3.63) is 53.4 Å². The van der Waals surface area contributed by atoms with Crippen LogP contribution in [0.1, 0.15) is 89.0 Å². The smallest absolute Gasteiger partial charge is 0.274 e. The van der Waals surface area contributed by atoms with Crippen LogP contribution < -0.4 is 16.0 Å².